The van der Waals surface area contributed by atoms with Crippen LogP contribution in [0.5, 0.6) is 5.75 Å². The number of hydrogen-bond donors (Lipinski definition) is 3. The number of ether oxygens (including phenoxy) is 2. The second kappa shape index (κ2) is 12.9. The van der Waals surface area contributed by atoms with E-state index in [9.17, 15) is 32.3 Å². The molecule has 218 valence electrons. The van der Waals surface area contributed by atoms with Crippen LogP contribution >= 0.6 is 22.6 Å². The maximum absolute atomic E-state index is 13.2. The summed E-state index contributed by atoms with van der Waals surface area (Å²) in [5.41, 5.74) is 0.0752. The molecule has 0 aliphatic heterocycles. The molecule has 1 atom stereocenters. The lowest BCUT2D eigenvalue weighted by Gasteiger charge is -2.16. The lowest BCUT2D eigenvalue weighted by Crippen LogP contribution is -2.39. The Hall–Kier alpha value is -4.60. The van der Waals surface area contributed by atoms with Gasteiger partial charge in [0.2, 0.25) is 0 Å². The Morgan fingerprint density at radius 3 is 2.26 bits per heavy atom. The number of hydrogen-bond acceptors (Lipinski definition) is 6. The molecule has 0 saturated heterocycles. The zero-order valence-electron chi connectivity index (χ0n) is 21.7. The molecule has 0 radical (unpaired) electrons. The molecule has 0 aliphatic carbocycles. The van der Waals surface area contributed by atoms with Crippen molar-refractivity contribution in [3.8, 4) is 16.9 Å². The van der Waals surface area contributed by atoms with Gasteiger partial charge in [0.15, 0.2) is 0 Å². The first-order valence-corrected chi connectivity index (χ1v) is 13.4. The number of anilines is 1. The molecule has 2 amide bonds. The molecule has 3 N–H and O–H groups in total. The summed E-state index contributed by atoms with van der Waals surface area (Å²) in [6.07, 6.45) is -5.70. The predicted molar refractivity (Wildman–Crippen MR) is 156 cm³/mol. The van der Waals surface area contributed by atoms with Crippen LogP contribution in [0.1, 0.15) is 25.7 Å². The van der Waals surface area contributed by atoms with E-state index in [4.69, 9.17) is 0 Å². The fourth-order valence-corrected chi connectivity index (χ4v) is 4.83. The van der Waals surface area contributed by atoms with Gasteiger partial charge in [0.1, 0.15) is 15.5 Å². The van der Waals surface area contributed by atoms with Crippen LogP contribution in [0, 0.1) is 0 Å². The lowest BCUT2D eigenvalue weighted by atomic mass is 10.0. The van der Waals surface area contributed by atoms with Gasteiger partial charge in [0.25, 0.3) is 11.5 Å². The molecule has 1 unspecified atom stereocenters. The zero-order valence-corrected chi connectivity index (χ0v) is 23.9. The van der Waals surface area contributed by atoms with Crippen molar-refractivity contribution >= 4 is 40.3 Å². The highest BCUT2D eigenvalue weighted by Gasteiger charge is 2.32. The Balaban J connectivity index is 1.54. The van der Waals surface area contributed by atoms with E-state index in [0.29, 0.717) is 22.4 Å². The second-order valence-corrected chi connectivity index (χ2v) is 9.87. The lowest BCUT2D eigenvalue weighted by molar-refractivity contribution is -0.274. The van der Waals surface area contributed by atoms with Crippen molar-refractivity contribution in [2.75, 3.05) is 12.4 Å². The van der Waals surface area contributed by atoms with Gasteiger partial charge < -0.3 is 19.8 Å². The highest BCUT2D eigenvalue weighted by Crippen LogP contribution is 2.32. The molecule has 14 heteroatoms. The SMILES string of the molecule is COC(=O)Nc1ccc(-c2ccc(CNC(=O)c3cc(=O)n(C(I)c4ccccc4)c(=O)[nH]3)c(OC(F)(F)F)c2)cc1. The molecule has 42 heavy (non-hydrogen) atoms. The molecule has 3 aromatic carbocycles. The van der Waals surface area contributed by atoms with E-state index in [0.717, 1.165) is 16.7 Å². The first kappa shape index (κ1) is 30.4. The molecular formula is C28H22F3IN4O6. The van der Waals surface area contributed by atoms with Crippen LogP contribution in [-0.4, -0.2) is 35.0 Å². The quantitative estimate of drug-likeness (QED) is 0.172. The largest absolute Gasteiger partial charge is 0.573 e. The summed E-state index contributed by atoms with van der Waals surface area (Å²) < 4.78 is 48.6. The first-order valence-electron chi connectivity index (χ1n) is 12.1. The van der Waals surface area contributed by atoms with Crippen LogP contribution < -0.4 is 26.6 Å². The van der Waals surface area contributed by atoms with Crippen molar-refractivity contribution in [1.29, 1.82) is 0 Å². The van der Waals surface area contributed by atoms with Gasteiger partial charge in [0, 0.05) is 23.9 Å². The standard InChI is InChI=1S/C28H22F3IN4O6/c1-41-27(40)34-20-11-9-16(10-12-20)18-7-8-19(22(13-18)42-28(29,30)31)15-33-25(38)21-14-23(37)36(26(39)35-21)24(32)17-5-3-2-4-6-17/h2-14,24H,15H2,1H3,(H,33,38)(H,34,40)(H,35,39). The molecule has 0 spiro atoms. The smallest absolute Gasteiger partial charge is 0.453 e. The number of nitrogens with zero attached hydrogens (tertiary/aromatic N) is 1. The summed E-state index contributed by atoms with van der Waals surface area (Å²) in [6, 6.07) is 20.0. The van der Waals surface area contributed by atoms with Crippen LogP contribution in [0.2, 0.25) is 0 Å². The second-order valence-electron chi connectivity index (χ2n) is 8.69. The minimum atomic E-state index is -5.02. The number of halogens is 4. The monoisotopic (exact) mass is 694 g/mol. The van der Waals surface area contributed by atoms with Crippen molar-refractivity contribution in [3.63, 3.8) is 0 Å². The van der Waals surface area contributed by atoms with Crippen molar-refractivity contribution in [3.05, 3.63) is 117 Å². The summed E-state index contributed by atoms with van der Waals surface area (Å²) in [5, 5.41) is 4.88. The molecule has 10 nitrogen and oxygen atoms in total. The number of methoxy groups -OCH3 is 1. The van der Waals surface area contributed by atoms with Gasteiger partial charge in [-0.3, -0.25) is 14.9 Å². The van der Waals surface area contributed by atoms with E-state index >= 15 is 0 Å². The number of H-pyrrole nitrogens is 1. The Morgan fingerprint density at radius 1 is 0.976 bits per heavy atom. The van der Waals surface area contributed by atoms with E-state index < -0.39 is 46.0 Å². The number of carbonyl (C=O) groups is 2. The van der Waals surface area contributed by atoms with Crippen LogP contribution in [0.15, 0.2) is 88.5 Å². The van der Waals surface area contributed by atoms with Gasteiger partial charge >= 0.3 is 18.1 Å². The topological polar surface area (TPSA) is 132 Å². The van der Waals surface area contributed by atoms with Crippen molar-refractivity contribution in [1.82, 2.24) is 14.9 Å². The molecule has 1 heterocycles. The Kier molecular flexibility index (Phi) is 9.35. The van der Waals surface area contributed by atoms with E-state index in [-0.39, 0.29) is 11.3 Å². The number of amides is 2. The van der Waals surface area contributed by atoms with Crippen molar-refractivity contribution in [2.24, 2.45) is 0 Å². The average molecular weight is 694 g/mol. The number of alkyl halides is 4. The predicted octanol–water partition coefficient (Wildman–Crippen LogP) is 5.19. The molecule has 1 aromatic heterocycles. The summed E-state index contributed by atoms with van der Waals surface area (Å²) in [6.45, 7) is -0.406. The van der Waals surface area contributed by atoms with E-state index in [1.165, 1.54) is 19.2 Å². The third kappa shape index (κ3) is 7.57. The van der Waals surface area contributed by atoms with Crippen LogP contribution in [0.3, 0.4) is 0 Å². The fourth-order valence-electron chi connectivity index (χ4n) is 3.89. The summed E-state index contributed by atoms with van der Waals surface area (Å²) >= 11 is 1.92. The van der Waals surface area contributed by atoms with Crippen LogP contribution in [0.4, 0.5) is 23.7 Å². The van der Waals surface area contributed by atoms with Gasteiger partial charge in [-0.2, -0.15) is 0 Å². The van der Waals surface area contributed by atoms with Crippen LogP contribution in [-0.2, 0) is 11.3 Å². The number of aromatic nitrogens is 2. The summed E-state index contributed by atoms with van der Waals surface area (Å²) in [5.74, 6) is -1.44. The fraction of sp³-hybridized carbons (Fsp3) is 0.143. The summed E-state index contributed by atoms with van der Waals surface area (Å²) in [7, 11) is 1.21. The van der Waals surface area contributed by atoms with Gasteiger partial charge in [-0.25, -0.2) is 14.2 Å². The van der Waals surface area contributed by atoms with Crippen molar-refractivity contribution in [2.45, 2.75) is 17.0 Å². The number of rotatable bonds is 8. The minimum absolute atomic E-state index is 0.0134. The maximum Gasteiger partial charge on any atom is 0.573 e. The number of aromatic amines is 1. The normalized spacial score (nSPS) is 11.8. The van der Waals surface area contributed by atoms with Gasteiger partial charge in [-0.1, -0.05) is 77.2 Å². The van der Waals surface area contributed by atoms with Crippen LogP contribution in [0.25, 0.3) is 11.1 Å². The molecule has 0 saturated carbocycles. The Labute approximate surface area is 249 Å². The third-order valence-electron chi connectivity index (χ3n) is 5.89. The molecular weight excluding hydrogens is 672 g/mol. The van der Waals surface area contributed by atoms with E-state index in [1.54, 1.807) is 54.6 Å². The Bertz CT molecular complexity index is 1670. The van der Waals surface area contributed by atoms with E-state index in [1.807, 2.05) is 22.6 Å². The average Bonchev–Trinajstić information content (AvgIpc) is 2.95. The maximum atomic E-state index is 13.2. The highest BCUT2D eigenvalue weighted by molar-refractivity contribution is 14.1. The zero-order chi connectivity index (χ0) is 30.4. The molecule has 4 aromatic rings. The Morgan fingerprint density at radius 2 is 1.64 bits per heavy atom. The number of benzene rings is 3. The molecule has 0 bridgehead atoms. The van der Waals surface area contributed by atoms with Gasteiger partial charge in [0.05, 0.1) is 7.11 Å². The summed E-state index contributed by atoms with van der Waals surface area (Å²) in [4.78, 5) is 51.9. The first-order chi connectivity index (χ1) is 19.9. The molecule has 4 rings (SSSR count). The molecule has 0 aliphatic rings. The van der Waals surface area contributed by atoms with Gasteiger partial charge in [-0.15, -0.1) is 13.2 Å². The van der Waals surface area contributed by atoms with E-state index in [2.05, 4.69) is 25.1 Å². The third-order valence-corrected chi connectivity index (χ3v) is 7.17. The number of nitrogens with one attached hydrogen (secondary N) is 3. The number of carbonyl (C=O) groups excluding carboxylic acids is 2. The van der Waals surface area contributed by atoms with Gasteiger partial charge in [-0.05, 0) is 34.9 Å². The molecule has 0 fully saturated rings. The van der Waals surface area contributed by atoms with Crippen molar-refractivity contribution < 1.29 is 32.2 Å². The highest BCUT2D eigenvalue weighted by atomic mass is 127. The minimum Gasteiger partial charge on any atom is -0.453 e.